The minimum absolute atomic E-state index is 0.185. The number of fused-ring (bicyclic) bond motifs is 1. The summed E-state index contributed by atoms with van der Waals surface area (Å²) in [4.78, 5) is 12.1. The van der Waals surface area contributed by atoms with Crippen LogP contribution in [0.25, 0.3) is 11.0 Å². The lowest BCUT2D eigenvalue weighted by molar-refractivity contribution is 0.0927. The van der Waals surface area contributed by atoms with Crippen LogP contribution in [-0.2, 0) is 6.42 Å². The average molecular weight is 314 g/mol. The van der Waals surface area contributed by atoms with Crippen molar-refractivity contribution in [3.8, 4) is 0 Å². The van der Waals surface area contributed by atoms with Crippen LogP contribution in [0.3, 0.4) is 0 Å². The zero-order chi connectivity index (χ0) is 15.4. The number of hydrogen-bond acceptors (Lipinski definition) is 2. The largest absolute Gasteiger partial charge is 0.451 e. The number of nitrogens with one attached hydrogen (secondary N) is 1. The molecule has 3 aromatic rings. The fourth-order valence-corrected chi connectivity index (χ4v) is 2.59. The molecule has 2 aromatic carbocycles. The van der Waals surface area contributed by atoms with Gasteiger partial charge >= 0.3 is 0 Å². The number of carbonyl (C=O) groups excluding carboxylic acids is 1. The van der Waals surface area contributed by atoms with Gasteiger partial charge in [0.1, 0.15) is 5.58 Å². The van der Waals surface area contributed by atoms with Crippen LogP contribution in [-0.4, -0.2) is 12.5 Å². The fraction of sp³-hybridized carbons (Fsp3) is 0.167. The van der Waals surface area contributed by atoms with Gasteiger partial charge in [0.15, 0.2) is 5.76 Å². The predicted molar refractivity (Wildman–Crippen MR) is 88.3 cm³/mol. The van der Waals surface area contributed by atoms with Crippen LogP contribution in [0.2, 0.25) is 5.02 Å². The Morgan fingerprint density at radius 2 is 1.86 bits per heavy atom. The van der Waals surface area contributed by atoms with Crippen LogP contribution in [0.15, 0.2) is 59.0 Å². The first-order valence-electron chi connectivity index (χ1n) is 7.24. The Bertz CT molecular complexity index is 761. The molecule has 3 nitrogen and oxygen atoms in total. The number of benzene rings is 2. The summed E-state index contributed by atoms with van der Waals surface area (Å²) in [6, 6.07) is 17.1. The molecule has 1 amide bonds. The highest BCUT2D eigenvalue weighted by Gasteiger charge is 2.11. The molecule has 3 rings (SSSR count). The standard InChI is InChI=1S/C18H16ClNO2/c19-15-9-3-1-6-13(15)8-5-11-20-18(21)17-12-14-7-2-4-10-16(14)22-17/h1-4,6-7,9-10,12H,5,8,11H2,(H,20,21). The van der Waals surface area contributed by atoms with Crippen molar-refractivity contribution in [2.75, 3.05) is 6.54 Å². The molecule has 0 radical (unpaired) electrons. The van der Waals surface area contributed by atoms with E-state index in [9.17, 15) is 4.79 Å². The summed E-state index contributed by atoms with van der Waals surface area (Å²) in [6.45, 7) is 0.584. The number of carbonyl (C=O) groups is 1. The molecule has 0 aliphatic rings. The Kier molecular flexibility index (Phi) is 4.45. The maximum atomic E-state index is 12.1. The number of rotatable bonds is 5. The van der Waals surface area contributed by atoms with Gasteiger partial charge in [-0.2, -0.15) is 0 Å². The number of amides is 1. The van der Waals surface area contributed by atoms with E-state index in [1.807, 2.05) is 48.5 Å². The van der Waals surface area contributed by atoms with E-state index in [-0.39, 0.29) is 5.91 Å². The maximum absolute atomic E-state index is 12.1. The monoisotopic (exact) mass is 313 g/mol. The van der Waals surface area contributed by atoms with Crippen molar-refractivity contribution < 1.29 is 9.21 Å². The van der Waals surface area contributed by atoms with Crippen molar-refractivity contribution in [2.24, 2.45) is 0 Å². The molecule has 0 saturated heterocycles. The maximum Gasteiger partial charge on any atom is 0.287 e. The molecular weight excluding hydrogens is 298 g/mol. The molecule has 1 heterocycles. The van der Waals surface area contributed by atoms with Gasteiger partial charge in [0.25, 0.3) is 5.91 Å². The van der Waals surface area contributed by atoms with Crippen molar-refractivity contribution in [1.82, 2.24) is 5.32 Å². The predicted octanol–water partition coefficient (Wildman–Crippen LogP) is 4.45. The molecule has 22 heavy (non-hydrogen) atoms. The first-order chi connectivity index (χ1) is 10.7. The number of para-hydroxylation sites is 1. The van der Waals surface area contributed by atoms with E-state index in [2.05, 4.69) is 5.32 Å². The normalized spacial score (nSPS) is 10.8. The molecule has 4 heteroatoms. The first kappa shape index (κ1) is 14.7. The van der Waals surface area contributed by atoms with Gasteiger partial charge in [-0.15, -0.1) is 0 Å². The minimum atomic E-state index is -0.185. The fourth-order valence-electron chi connectivity index (χ4n) is 2.36. The summed E-state index contributed by atoms with van der Waals surface area (Å²) < 4.78 is 5.53. The van der Waals surface area contributed by atoms with Crippen molar-refractivity contribution in [2.45, 2.75) is 12.8 Å². The molecule has 0 unspecified atom stereocenters. The summed E-state index contributed by atoms with van der Waals surface area (Å²) in [5.41, 5.74) is 1.82. The lowest BCUT2D eigenvalue weighted by atomic mass is 10.1. The van der Waals surface area contributed by atoms with E-state index >= 15 is 0 Å². The molecule has 0 fully saturated rings. The molecular formula is C18H16ClNO2. The van der Waals surface area contributed by atoms with Crippen molar-refractivity contribution in [3.63, 3.8) is 0 Å². The average Bonchev–Trinajstić information content (AvgIpc) is 2.97. The van der Waals surface area contributed by atoms with Crippen LogP contribution in [0, 0.1) is 0 Å². The molecule has 0 bridgehead atoms. The van der Waals surface area contributed by atoms with Crippen molar-refractivity contribution in [3.05, 3.63) is 70.9 Å². The van der Waals surface area contributed by atoms with Gasteiger partial charge in [-0.3, -0.25) is 4.79 Å². The van der Waals surface area contributed by atoms with Gasteiger partial charge in [0.05, 0.1) is 0 Å². The second-order valence-corrected chi connectivity index (χ2v) is 5.51. The third-order valence-corrected chi connectivity index (χ3v) is 3.88. The van der Waals surface area contributed by atoms with Crippen LogP contribution < -0.4 is 5.32 Å². The third-order valence-electron chi connectivity index (χ3n) is 3.52. The molecule has 112 valence electrons. The lowest BCUT2D eigenvalue weighted by Gasteiger charge is -2.05. The Hall–Kier alpha value is -2.26. The van der Waals surface area contributed by atoms with Gasteiger partial charge < -0.3 is 9.73 Å². The van der Waals surface area contributed by atoms with Crippen LogP contribution >= 0.6 is 11.6 Å². The molecule has 0 atom stereocenters. The molecule has 0 aliphatic carbocycles. The number of hydrogen-bond donors (Lipinski definition) is 1. The second kappa shape index (κ2) is 6.67. The number of halogens is 1. The van der Waals surface area contributed by atoms with Gasteiger partial charge in [0, 0.05) is 17.0 Å². The molecule has 1 aromatic heterocycles. The molecule has 0 aliphatic heterocycles. The summed E-state index contributed by atoms with van der Waals surface area (Å²) in [5.74, 6) is 0.161. The Morgan fingerprint density at radius 1 is 1.09 bits per heavy atom. The summed E-state index contributed by atoms with van der Waals surface area (Å²) >= 11 is 6.10. The van der Waals surface area contributed by atoms with Gasteiger partial charge in [-0.05, 0) is 36.6 Å². The van der Waals surface area contributed by atoms with Gasteiger partial charge in [0.2, 0.25) is 0 Å². The molecule has 1 N–H and O–H groups in total. The Labute approximate surface area is 133 Å². The van der Waals surface area contributed by atoms with E-state index in [1.165, 1.54) is 0 Å². The molecule has 0 spiro atoms. The number of aryl methyl sites for hydroxylation is 1. The van der Waals surface area contributed by atoms with Crippen LogP contribution in [0.1, 0.15) is 22.5 Å². The van der Waals surface area contributed by atoms with E-state index in [0.717, 1.165) is 34.4 Å². The first-order valence-corrected chi connectivity index (χ1v) is 7.62. The van der Waals surface area contributed by atoms with Crippen molar-refractivity contribution in [1.29, 1.82) is 0 Å². The van der Waals surface area contributed by atoms with Crippen LogP contribution in [0.5, 0.6) is 0 Å². The van der Waals surface area contributed by atoms with Gasteiger partial charge in [-0.25, -0.2) is 0 Å². The Morgan fingerprint density at radius 3 is 2.68 bits per heavy atom. The highest BCUT2D eigenvalue weighted by molar-refractivity contribution is 6.31. The number of furan rings is 1. The van der Waals surface area contributed by atoms with Gasteiger partial charge in [-0.1, -0.05) is 48.0 Å². The quantitative estimate of drug-likeness (QED) is 0.707. The Balaban J connectivity index is 1.53. The van der Waals surface area contributed by atoms with Crippen molar-refractivity contribution >= 4 is 28.5 Å². The zero-order valence-electron chi connectivity index (χ0n) is 12.0. The van der Waals surface area contributed by atoms with E-state index in [4.69, 9.17) is 16.0 Å². The lowest BCUT2D eigenvalue weighted by Crippen LogP contribution is -2.24. The minimum Gasteiger partial charge on any atom is -0.451 e. The van der Waals surface area contributed by atoms with E-state index in [1.54, 1.807) is 6.07 Å². The zero-order valence-corrected chi connectivity index (χ0v) is 12.8. The highest BCUT2D eigenvalue weighted by Crippen LogP contribution is 2.19. The summed E-state index contributed by atoms with van der Waals surface area (Å²) in [5, 5.41) is 4.58. The highest BCUT2D eigenvalue weighted by atomic mass is 35.5. The second-order valence-electron chi connectivity index (χ2n) is 5.10. The summed E-state index contributed by atoms with van der Waals surface area (Å²) in [7, 11) is 0. The smallest absolute Gasteiger partial charge is 0.287 e. The topological polar surface area (TPSA) is 42.2 Å². The SMILES string of the molecule is O=C(NCCCc1ccccc1Cl)c1cc2ccccc2o1. The summed E-state index contributed by atoms with van der Waals surface area (Å²) in [6.07, 6.45) is 1.66. The van der Waals surface area contributed by atoms with E-state index < -0.39 is 0 Å². The van der Waals surface area contributed by atoms with E-state index in [0.29, 0.717) is 12.3 Å². The molecule has 0 saturated carbocycles. The van der Waals surface area contributed by atoms with Crippen LogP contribution in [0.4, 0.5) is 0 Å². The third kappa shape index (κ3) is 3.31.